The normalized spacial score (nSPS) is 14.8. The van der Waals surface area contributed by atoms with Crippen LogP contribution in [0.4, 0.5) is 11.4 Å². The Hall–Kier alpha value is -2.72. The molecule has 3 aromatic rings. The summed E-state index contributed by atoms with van der Waals surface area (Å²) in [6, 6.07) is 20.8. The molecular weight excluding hydrogens is 624 g/mol. The van der Waals surface area contributed by atoms with Gasteiger partial charge in [-0.1, -0.05) is 62.2 Å². The summed E-state index contributed by atoms with van der Waals surface area (Å²) in [6.07, 6.45) is 0.965. The van der Waals surface area contributed by atoms with Gasteiger partial charge in [0.2, 0.25) is 5.91 Å². The highest BCUT2D eigenvalue weighted by Crippen LogP contribution is 2.27. The third-order valence-electron chi connectivity index (χ3n) is 6.63. The third-order valence-corrected chi connectivity index (χ3v) is 7.55. The van der Waals surface area contributed by atoms with Crippen LogP contribution in [0.3, 0.4) is 0 Å². The molecule has 1 aliphatic heterocycles. The quantitative estimate of drug-likeness (QED) is 0.213. The number of hydrogen-bond donors (Lipinski definition) is 4. The minimum Gasteiger partial charge on any atom is -0.390 e. The van der Waals surface area contributed by atoms with Gasteiger partial charge in [0.1, 0.15) is 0 Å². The van der Waals surface area contributed by atoms with Crippen LogP contribution in [0.15, 0.2) is 75.7 Å². The van der Waals surface area contributed by atoms with Crippen LogP contribution in [0.1, 0.15) is 41.3 Å². The van der Waals surface area contributed by atoms with Gasteiger partial charge in [0.25, 0.3) is 5.91 Å². The van der Waals surface area contributed by atoms with Crippen molar-refractivity contribution in [2.24, 2.45) is 0 Å². The summed E-state index contributed by atoms with van der Waals surface area (Å²) in [7, 11) is 0. The summed E-state index contributed by atoms with van der Waals surface area (Å²) >= 11 is 7.01. The summed E-state index contributed by atoms with van der Waals surface area (Å²) in [5.41, 5.74) is 4.02. The number of rotatable bonds is 12. The summed E-state index contributed by atoms with van der Waals surface area (Å²) in [4.78, 5) is 27.7. The Morgan fingerprint density at radius 3 is 2.44 bits per heavy atom. The van der Waals surface area contributed by atoms with Gasteiger partial charge in [0, 0.05) is 58.5 Å². The molecule has 4 N–H and O–H groups in total. The van der Waals surface area contributed by atoms with Crippen LogP contribution in [0.25, 0.3) is 0 Å². The van der Waals surface area contributed by atoms with E-state index in [0.717, 1.165) is 32.2 Å². The molecule has 2 amide bonds. The van der Waals surface area contributed by atoms with E-state index in [-0.39, 0.29) is 11.8 Å². The van der Waals surface area contributed by atoms with E-state index in [9.17, 15) is 14.7 Å². The zero-order chi connectivity index (χ0) is 27.8. The fourth-order valence-electron chi connectivity index (χ4n) is 4.75. The fourth-order valence-corrected chi connectivity index (χ4v) is 6.14. The lowest BCUT2D eigenvalue weighted by Crippen LogP contribution is -2.48. The second-order valence-electron chi connectivity index (χ2n) is 9.69. The van der Waals surface area contributed by atoms with E-state index in [2.05, 4.69) is 47.8 Å². The third kappa shape index (κ3) is 8.38. The maximum atomic E-state index is 13.5. The van der Waals surface area contributed by atoms with Crippen LogP contribution in [-0.4, -0.2) is 48.7 Å². The smallest absolute Gasteiger partial charge is 0.251 e. The van der Waals surface area contributed by atoms with E-state index in [0.29, 0.717) is 50.3 Å². The standard InChI is InChI=1S/C30H34Br2N4O3/c1-2-34-25-14-22(15-26(17-25)36-10-6-9-29(36)38)30(39)35-27(13-20-7-4-3-5-8-20)28(37)19-33-18-21-11-23(31)16-24(32)12-21/h3-5,7-8,11-12,14-17,27-28,33-34,37H,2,6,9-10,13,18-19H2,1H3,(H,35,39). The Morgan fingerprint density at radius 1 is 1.03 bits per heavy atom. The van der Waals surface area contributed by atoms with Crippen molar-refractivity contribution < 1.29 is 14.7 Å². The van der Waals surface area contributed by atoms with Crippen molar-refractivity contribution in [2.75, 3.05) is 29.9 Å². The van der Waals surface area contributed by atoms with Crippen molar-refractivity contribution in [1.29, 1.82) is 0 Å². The van der Waals surface area contributed by atoms with Crippen LogP contribution in [-0.2, 0) is 17.8 Å². The first kappa shape index (κ1) is 29.3. The number of hydrogen-bond acceptors (Lipinski definition) is 5. The first-order valence-electron chi connectivity index (χ1n) is 13.2. The zero-order valence-corrected chi connectivity index (χ0v) is 25.1. The van der Waals surface area contributed by atoms with Crippen LogP contribution >= 0.6 is 31.9 Å². The van der Waals surface area contributed by atoms with E-state index in [4.69, 9.17) is 0 Å². The van der Waals surface area contributed by atoms with Crippen molar-refractivity contribution in [3.8, 4) is 0 Å². The molecule has 0 aromatic heterocycles. The topological polar surface area (TPSA) is 93.7 Å². The number of carbonyl (C=O) groups is 2. The Bertz CT molecular complexity index is 1270. The lowest BCUT2D eigenvalue weighted by Gasteiger charge is -2.25. The molecule has 39 heavy (non-hydrogen) atoms. The van der Waals surface area contributed by atoms with Gasteiger partial charge in [-0.15, -0.1) is 0 Å². The number of carbonyl (C=O) groups excluding carboxylic acids is 2. The molecular formula is C30H34Br2N4O3. The Kier molecular flexibility index (Phi) is 10.6. The van der Waals surface area contributed by atoms with E-state index in [1.165, 1.54) is 0 Å². The van der Waals surface area contributed by atoms with Gasteiger partial charge in [-0.2, -0.15) is 0 Å². The molecule has 7 nitrogen and oxygen atoms in total. The number of anilines is 2. The maximum absolute atomic E-state index is 13.5. The Balaban J connectivity index is 1.50. The average Bonchev–Trinajstić information content (AvgIpc) is 3.34. The monoisotopic (exact) mass is 656 g/mol. The van der Waals surface area contributed by atoms with Crippen molar-refractivity contribution in [3.05, 3.63) is 92.4 Å². The molecule has 206 valence electrons. The van der Waals surface area contributed by atoms with Crippen LogP contribution in [0, 0.1) is 0 Å². The summed E-state index contributed by atoms with van der Waals surface area (Å²) in [6.45, 7) is 4.19. The molecule has 1 aliphatic rings. The first-order valence-corrected chi connectivity index (χ1v) is 14.8. The summed E-state index contributed by atoms with van der Waals surface area (Å²) in [5.74, 6) is -0.227. The second-order valence-corrected chi connectivity index (χ2v) is 11.5. The van der Waals surface area contributed by atoms with E-state index < -0.39 is 12.1 Å². The first-order chi connectivity index (χ1) is 18.8. The summed E-state index contributed by atoms with van der Waals surface area (Å²) < 4.78 is 1.94. The number of aliphatic hydroxyl groups is 1. The molecule has 1 fully saturated rings. The van der Waals surface area contributed by atoms with Crippen LogP contribution in [0.2, 0.25) is 0 Å². The predicted molar refractivity (Wildman–Crippen MR) is 163 cm³/mol. The van der Waals surface area contributed by atoms with E-state index >= 15 is 0 Å². The van der Waals surface area contributed by atoms with Gasteiger partial charge in [-0.25, -0.2) is 0 Å². The van der Waals surface area contributed by atoms with Gasteiger partial charge in [0.15, 0.2) is 0 Å². The molecule has 0 radical (unpaired) electrons. The highest BCUT2D eigenvalue weighted by atomic mass is 79.9. The number of halogens is 2. The number of amides is 2. The summed E-state index contributed by atoms with van der Waals surface area (Å²) in [5, 5.41) is 20.8. The lowest BCUT2D eigenvalue weighted by atomic mass is 10.00. The minimum atomic E-state index is -0.832. The number of nitrogens with one attached hydrogen (secondary N) is 3. The highest BCUT2D eigenvalue weighted by molar-refractivity contribution is 9.11. The van der Waals surface area contributed by atoms with E-state index in [1.807, 2.05) is 61.5 Å². The largest absolute Gasteiger partial charge is 0.390 e. The lowest BCUT2D eigenvalue weighted by molar-refractivity contribution is -0.117. The van der Waals surface area contributed by atoms with Gasteiger partial charge in [-0.05, 0) is 67.3 Å². The fraction of sp³-hybridized carbons (Fsp3) is 0.333. The second kappa shape index (κ2) is 14.1. The molecule has 4 rings (SSSR count). The molecule has 2 unspecified atom stereocenters. The number of aliphatic hydroxyl groups excluding tert-OH is 1. The molecule has 9 heteroatoms. The average molecular weight is 658 g/mol. The Morgan fingerprint density at radius 2 is 1.77 bits per heavy atom. The van der Waals surface area contributed by atoms with E-state index in [1.54, 1.807) is 17.0 Å². The van der Waals surface area contributed by atoms with Crippen molar-refractivity contribution in [3.63, 3.8) is 0 Å². The molecule has 3 aromatic carbocycles. The van der Waals surface area contributed by atoms with Gasteiger partial charge in [-0.3, -0.25) is 9.59 Å². The van der Waals surface area contributed by atoms with Gasteiger partial charge < -0.3 is 26.0 Å². The maximum Gasteiger partial charge on any atom is 0.251 e. The SMILES string of the molecule is CCNc1cc(C(=O)NC(Cc2ccccc2)C(O)CNCc2cc(Br)cc(Br)c2)cc(N2CCCC2=O)c1. The van der Waals surface area contributed by atoms with Crippen LogP contribution < -0.4 is 20.9 Å². The molecule has 0 aliphatic carbocycles. The number of benzene rings is 3. The predicted octanol–water partition coefficient (Wildman–Crippen LogP) is 5.26. The molecule has 0 spiro atoms. The Labute approximate surface area is 246 Å². The van der Waals surface area contributed by atoms with Gasteiger partial charge >= 0.3 is 0 Å². The van der Waals surface area contributed by atoms with Crippen LogP contribution in [0.5, 0.6) is 0 Å². The number of nitrogens with zero attached hydrogens (tertiary/aromatic N) is 1. The zero-order valence-electron chi connectivity index (χ0n) is 21.9. The molecule has 1 saturated heterocycles. The highest BCUT2D eigenvalue weighted by Gasteiger charge is 2.25. The minimum absolute atomic E-state index is 0.0657. The van der Waals surface area contributed by atoms with Gasteiger partial charge in [0.05, 0.1) is 12.1 Å². The molecule has 2 atom stereocenters. The molecule has 0 saturated carbocycles. The molecule has 1 heterocycles. The van der Waals surface area contributed by atoms with Crippen molar-refractivity contribution in [2.45, 2.75) is 44.9 Å². The molecule has 0 bridgehead atoms. The van der Waals surface area contributed by atoms with Crippen molar-refractivity contribution >= 4 is 55.0 Å². The van der Waals surface area contributed by atoms with Crippen molar-refractivity contribution in [1.82, 2.24) is 10.6 Å².